The lowest BCUT2D eigenvalue weighted by atomic mass is 10.2. The molecule has 0 atom stereocenters. The van der Waals surface area contributed by atoms with Gasteiger partial charge in [0.05, 0.1) is 23.8 Å². The average Bonchev–Trinajstić information content (AvgIpc) is 3.31. The smallest absolute Gasteiger partial charge is 0.257 e. The molecule has 4 rings (SSSR count). The summed E-state index contributed by atoms with van der Waals surface area (Å²) in [6.45, 7) is 3.14. The number of hydrogen-bond donors (Lipinski definition) is 2. The monoisotopic (exact) mass is 377 g/mol. The summed E-state index contributed by atoms with van der Waals surface area (Å²) in [5.41, 5.74) is 9.48. The Morgan fingerprint density at radius 2 is 1.93 bits per heavy atom. The van der Waals surface area contributed by atoms with Crippen molar-refractivity contribution in [3.63, 3.8) is 0 Å². The SMILES string of the molecule is CCCCCn1c(N)c(C(=O)NCc2ccco2)c2nc3ccccc3nc21. The van der Waals surface area contributed by atoms with E-state index in [4.69, 9.17) is 20.1 Å². The van der Waals surface area contributed by atoms with Crippen LogP contribution in [0.3, 0.4) is 0 Å². The van der Waals surface area contributed by atoms with Crippen LogP contribution in [0.4, 0.5) is 5.82 Å². The van der Waals surface area contributed by atoms with Crippen molar-refractivity contribution < 1.29 is 9.21 Å². The lowest BCUT2D eigenvalue weighted by molar-refractivity contribution is 0.0950. The predicted octanol–water partition coefficient (Wildman–Crippen LogP) is 3.88. The summed E-state index contributed by atoms with van der Waals surface area (Å²) in [4.78, 5) is 22.4. The van der Waals surface area contributed by atoms with Crippen molar-refractivity contribution in [3.8, 4) is 0 Å². The van der Waals surface area contributed by atoms with Crippen LogP contribution in [-0.2, 0) is 13.1 Å². The van der Waals surface area contributed by atoms with Gasteiger partial charge in [-0.15, -0.1) is 0 Å². The van der Waals surface area contributed by atoms with Gasteiger partial charge in [-0.05, 0) is 30.7 Å². The van der Waals surface area contributed by atoms with Gasteiger partial charge in [0.2, 0.25) is 0 Å². The minimum absolute atomic E-state index is 0.280. The van der Waals surface area contributed by atoms with Crippen LogP contribution in [0.1, 0.15) is 42.3 Å². The molecule has 0 bridgehead atoms. The molecule has 7 heteroatoms. The molecular formula is C21H23N5O2. The maximum absolute atomic E-state index is 12.9. The third-order valence-electron chi connectivity index (χ3n) is 4.81. The molecule has 0 spiro atoms. The van der Waals surface area contributed by atoms with E-state index < -0.39 is 0 Å². The van der Waals surface area contributed by atoms with Gasteiger partial charge in [0.25, 0.3) is 5.91 Å². The Bertz CT molecular complexity index is 1110. The Hall–Kier alpha value is -3.35. The van der Waals surface area contributed by atoms with Gasteiger partial charge < -0.3 is 20.0 Å². The first-order chi connectivity index (χ1) is 13.7. The molecule has 0 unspecified atom stereocenters. The van der Waals surface area contributed by atoms with Crippen molar-refractivity contribution in [3.05, 3.63) is 54.0 Å². The van der Waals surface area contributed by atoms with Crippen LogP contribution >= 0.6 is 0 Å². The zero-order chi connectivity index (χ0) is 19.5. The highest BCUT2D eigenvalue weighted by Gasteiger charge is 2.23. The average molecular weight is 377 g/mol. The maximum atomic E-state index is 12.9. The highest BCUT2D eigenvalue weighted by molar-refractivity contribution is 6.10. The summed E-state index contributed by atoms with van der Waals surface area (Å²) in [6, 6.07) is 11.2. The number of unbranched alkanes of at least 4 members (excludes halogenated alkanes) is 2. The van der Waals surface area contributed by atoms with E-state index in [-0.39, 0.29) is 12.5 Å². The van der Waals surface area contributed by atoms with E-state index in [9.17, 15) is 4.79 Å². The van der Waals surface area contributed by atoms with Gasteiger partial charge in [-0.25, -0.2) is 9.97 Å². The van der Waals surface area contributed by atoms with E-state index in [2.05, 4.69) is 12.2 Å². The summed E-state index contributed by atoms with van der Waals surface area (Å²) in [5, 5.41) is 2.87. The van der Waals surface area contributed by atoms with Crippen LogP contribution in [-0.4, -0.2) is 20.4 Å². The van der Waals surface area contributed by atoms with Gasteiger partial charge in [-0.3, -0.25) is 4.79 Å². The molecule has 28 heavy (non-hydrogen) atoms. The van der Waals surface area contributed by atoms with Gasteiger partial charge in [0.1, 0.15) is 22.7 Å². The van der Waals surface area contributed by atoms with Crippen LogP contribution in [0.15, 0.2) is 47.1 Å². The van der Waals surface area contributed by atoms with Gasteiger partial charge in [-0.1, -0.05) is 31.9 Å². The number of anilines is 1. The minimum Gasteiger partial charge on any atom is -0.467 e. The maximum Gasteiger partial charge on any atom is 0.257 e. The van der Waals surface area contributed by atoms with Crippen molar-refractivity contribution in [2.75, 3.05) is 5.73 Å². The number of nitrogens with two attached hydrogens (primary N) is 1. The number of rotatable bonds is 7. The van der Waals surface area contributed by atoms with Crippen LogP contribution in [0.2, 0.25) is 0 Å². The van der Waals surface area contributed by atoms with E-state index in [0.29, 0.717) is 34.9 Å². The Labute approximate surface area is 162 Å². The Morgan fingerprint density at radius 3 is 2.64 bits per heavy atom. The minimum atomic E-state index is -0.280. The van der Waals surface area contributed by atoms with Crippen molar-refractivity contribution in [1.29, 1.82) is 0 Å². The molecule has 3 aromatic heterocycles. The van der Waals surface area contributed by atoms with Gasteiger partial charge in [0, 0.05) is 6.54 Å². The molecular weight excluding hydrogens is 354 g/mol. The first kappa shape index (κ1) is 18.0. The van der Waals surface area contributed by atoms with Crippen molar-refractivity contribution >= 4 is 33.9 Å². The molecule has 7 nitrogen and oxygen atoms in total. The molecule has 0 saturated heterocycles. The van der Waals surface area contributed by atoms with Gasteiger partial charge in [-0.2, -0.15) is 0 Å². The fraction of sp³-hybridized carbons (Fsp3) is 0.286. The quantitative estimate of drug-likeness (QED) is 0.476. The highest BCUT2D eigenvalue weighted by atomic mass is 16.3. The number of carbonyl (C=O) groups excluding carboxylic acids is 1. The number of carbonyl (C=O) groups is 1. The van der Waals surface area contributed by atoms with Crippen molar-refractivity contribution in [1.82, 2.24) is 19.9 Å². The lowest BCUT2D eigenvalue weighted by Crippen LogP contribution is -2.23. The molecule has 1 aromatic carbocycles. The molecule has 0 aliphatic heterocycles. The Balaban J connectivity index is 1.77. The van der Waals surface area contributed by atoms with E-state index >= 15 is 0 Å². The molecule has 3 heterocycles. The van der Waals surface area contributed by atoms with E-state index in [0.717, 1.165) is 30.3 Å². The normalized spacial score (nSPS) is 11.3. The standard InChI is InChI=1S/C21H23N5O2/c1-2-3-6-11-26-19(22)17(21(27)23-13-14-8-7-12-28-14)18-20(26)25-16-10-5-4-9-15(16)24-18/h4-5,7-10,12H,2-3,6,11,13,22H2,1H3,(H,23,27). The number of nitrogens with zero attached hydrogens (tertiary/aromatic N) is 3. The summed E-state index contributed by atoms with van der Waals surface area (Å²) < 4.78 is 7.20. The number of fused-ring (bicyclic) bond motifs is 2. The predicted molar refractivity (Wildman–Crippen MR) is 109 cm³/mol. The van der Waals surface area contributed by atoms with Crippen LogP contribution in [0, 0.1) is 0 Å². The number of nitrogen functional groups attached to an aromatic ring is 1. The highest BCUT2D eigenvalue weighted by Crippen LogP contribution is 2.28. The second-order valence-electron chi connectivity index (χ2n) is 6.77. The van der Waals surface area contributed by atoms with Gasteiger partial charge in [0.15, 0.2) is 5.65 Å². The first-order valence-electron chi connectivity index (χ1n) is 9.54. The second kappa shape index (κ2) is 7.72. The Kier molecular flexibility index (Phi) is 4.97. The largest absolute Gasteiger partial charge is 0.467 e. The topological polar surface area (TPSA) is 99.0 Å². The molecule has 4 aromatic rings. The number of nitrogens with one attached hydrogen (secondary N) is 1. The fourth-order valence-electron chi connectivity index (χ4n) is 3.36. The molecule has 1 amide bonds. The first-order valence-corrected chi connectivity index (χ1v) is 9.54. The molecule has 3 N–H and O–H groups in total. The third-order valence-corrected chi connectivity index (χ3v) is 4.81. The van der Waals surface area contributed by atoms with Crippen LogP contribution < -0.4 is 11.1 Å². The number of aryl methyl sites for hydroxylation is 1. The molecule has 0 saturated carbocycles. The zero-order valence-electron chi connectivity index (χ0n) is 15.8. The zero-order valence-corrected chi connectivity index (χ0v) is 15.8. The summed E-state index contributed by atoms with van der Waals surface area (Å²) >= 11 is 0. The molecule has 0 radical (unpaired) electrons. The van der Waals surface area contributed by atoms with E-state index in [1.807, 2.05) is 34.9 Å². The second-order valence-corrected chi connectivity index (χ2v) is 6.77. The number of para-hydroxylation sites is 2. The van der Waals surface area contributed by atoms with Crippen molar-refractivity contribution in [2.24, 2.45) is 0 Å². The number of furan rings is 1. The summed E-state index contributed by atoms with van der Waals surface area (Å²) in [7, 11) is 0. The number of hydrogen-bond acceptors (Lipinski definition) is 5. The van der Waals surface area contributed by atoms with Crippen molar-refractivity contribution in [2.45, 2.75) is 39.3 Å². The molecule has 0 aliphatic carbocycles. The van der Waals surface area contributed by atoms with E-state index in [1.165, 1.54) is 0 Å². The Morgan fingerprint density at radius 1 is 1.14 bits per heavy atom. The van der Waals surface area contributed by atoms with Crippen LogP contribution in [0.25, 0.3) is 22.2 Å². The van der Waals surface area contributed by atoms with Crippen LogP contribution in [0.5, 0.6) is 0 Å². The summed E-state index contributed by atoms with van der Waals surface area (Å²) in [6.07, 6.45) is 4.73. The lowest BCUT2D eigenvalue weighted by Gasteiger charge is -2.07. The third kappa shape index (κ3) is 3.31. The number of amides is 1. The molecule has 0 fully saturated rings. The summed E-state index contributed by atoms with van der Waals surface area (Å²) in [5.74, 6) is 0.797. The number of aromatic nitrogens is 3. The van der Waals surface area contributed by atoms with E-state index in [1.54, 1.807) is 12.3 Å². The van der Waals surface area contributed by atoms with Gasteiger partial charge >= 0.3 is 0 Å². The molecule has 144 valence electrons. The fourth-order valence-corrected chi connectivity index (χ4v) is 3.36. The number of benzene rings is 1. The molecule has 0 aliphatic rings.